The van der Waals surface area contributed by atoms with E-state index in [-0.39, 0.29) is 18.6 Å². The summed E-state index contributed by atoms with van der Waals surface area (Å²) in [5.74, 6) is -0.339. The van der Waals surface area contributed by atoms with Crippen molar-refractivity contribution in [1.82, 2.24) is 15.0 Å². The third-order valence-electron chi connectivity index (χ3n) is 2.45. The largest absolute Gasteiger partial charge is 0.459 e. The van der Waals surface area contributed by atoms with Gasteiger partial charge in [-0.15, -0.1) is 0 Å². The van der Waals surface area contributed by atoms with Gasteiger partial charge in [0.25, 0.3) is 0 Å². The lowest BCUT2D eigenvalue weighted by atomic mass is 10.3. The number of carbonyl (C=O) groups is 1. The number of nitrogens with zero attached hydrogens (tertiary/aromatic N) is 3. The van der Waals surface area contributed by atoms with E-state index in [1.807, 2.05) is 7.05 Å². The van der Waals surface area contributed by atoms with E-state index >= 15 is 0 Å². The second kappa shape index (κ2) is 5.24. The first-order valence-electron chi connectivity index (χ1n) is 5.51. The maximum Gasteiger partial charge on any atom is 0.397 e. The zero-order valence-corrected chi connectivity index (χ0v) is 9.88. The summed E-state index contributed by atoms with van der Waals surface area (Å²) in [7, 11) is 1.99. The molecular weight excluding hydrogens is 226 g/mol. The van der Waals surface area contributed by atoms with Crippen LogP contribution in [0.1, 0.15) is 29.5 Å². The van der Waals surface area contributed by atoms with Crippen molar-refractivity contribution in [3.63, 3.8) is 0 Å². The Kier molecular flexibility index (Phi) is 3.70. The summed E-state index contributed by atoms with van der Waals surface area (Å²) >= 11 is 0. The van der Waals surface area contributed by atoms with Gasteiger partial charge in [-0.1, -0.05) is 5.16 Å². The Hall–Kier alpha value is -1.47. The predicted octanol–water partition coefficient (Wildman–Crippen LogP) is 0.249. The number of likely N-dealkylation sites (N-methyl/N-ethyl adjacent to an activating group) is 1. The lowest BCUT2D eigenvalue weighted by molar-refractivity contribution is -0.0264. The minimum Gasteiger partial charge on any atom is -0.459 e. The molecule has 0 radical (unpaired) electrons. The Bertz CT molecular complexity index is 393. The molecule has 1 saturated heterocycles. The van der Waals surface area contributed by atoms with Crippen molar-refractivity contribution in [2.24, 2.45) is 0 Å². The molecule has 2 heterocycles. The molecule has 7 nitrogen and oxygen atoms in total. The smallest absolute Gasteiger partial charge is 0.397 e. The second-order valence-corrected chi connectivity index (χ2v) is 3.80. The van der Waals surface area contributed by atoms with Crippen molar-refractivity contribution in [2.45, 2.75) is 13.0 Å². The summed E-state index contributed by atoms with van der Waals surface area (Å²) in [6.07, 6.45) is -0.249. The number of ether oxygens (including phenoxy) is 2. The van der Waals surface area contributed by atoms with E-state index < -0.39 is 5.97 Å². The quantitative estimate of drug-likeness (QED) is 0.702. The van der Waals surface area contributed by atoms with Crippen LogP contribution in [0.5, 0.6) is 0 Å². The van der Waals surface area contributed by atoms with Gasteiger partial charge in [0, 0.05) is 13.1 Å². The van der Waals surface area contributed by atoms with Crippen LogP contribution >= 0.6 is 0 Å². The fraction of sp³-hybridized carbons (Fsp3) is 0.700. The van der Waals surface area contributed by atoms with Gasteiger partial charge in [-0.05, 0) is 14.0 Å². The Morgan fingerprint density at radius 3 is 3.18 bits per heavy atom. The summed E-state index contributed by atoms with van der Waals surface area (Å²) in [5, 5.41) is 3.74. The number of rotatable bonds is 3. The molecule has 0 amide bonds. The number of carbonyl (C=O) groups excluding carboxylic acids is 1. The van der Waals surface area contributed by atoms with Crippen LogP contribution in [-0.2, 0) is 9.47 Å². The number of morpholine rings is 1. The van der Waals surface area contributed by atoms with Crippen LogP contribution in [0.25, 0.3) is 0 Å². The summed E-state index contributed by atoms with van der Waals surface area (Å²) in [4.78, 5) is 17.4. The molecule has 0 bridgehead atoms. The van der Waals surface area contributed by atoms with E-state index in [0.717, 1.165) is 6.54 Å². The molecule has 94 valence electrons. The lowest BCUT2D eigenvalue weighted by Crippen LogP contribution is -2.35. The van der Waals surface area contributed by atoms with E-state index in [9.17, 15) is 4.79 Å². The van der Waals surface area contributed by atoms with Gasteiger partial charge in [-0.25, -0.2) is 4.79 Å². The van der Waals surface area contributed by atoms with Crippen LogP contribution in [0, 0.1) is 0 Å². The Morgan fingerprint density at radius 2 is 2.47 bits per heavy atom. The fourth-order valence-corrected chi connectivity index (χ4v) is 1.58. The van der Waals surface area contributed by atoms with E-state index in [2.05, 4.69) is 15.0 Å². The first-order valence-corrected chi connectivity index (χ1v) is 5.51. The van der Waals surface area contributed by atoms with Gasteiger partial charge in [0.15, 0.2) is 0 Å². The molecule has 0 saturated carbocycles. The molecule has 1 aliphatic rings. The standard InChI is InChI=1S/C10H15N3O4/c1-3-15-10(14)9-11-8(12-17-9)7-6-13(2)4-5-16-7/h7H,3-6H2,1-2H3. The highest BCUT2D eigenvalue weighted by atomic mass is 16.6. The third-order valence-corrected chi connectivity index (χ3v) is 2.45. The molecule has 0 aromatic carbocycles. The van der Waals surface area contributed by atoms with Crippen LogP contribution < -0.4 is 0 Å². The Morgan fingerprint density at radius 1 is 1.65 bits per heavy atom. The van der Waals surface area contributed by atoms with E-state index in [1.54, 1.807) is 6.92 Å². The van der Waals surface area contributed by atoms with Crippen molar-refractivity contribution in [2.75, 3.05) is 33.4 Å². The van der Waals surface area contributed by atoms with E-state index in [4.69, 9.17) is 14.0 Å². The number of hydrogen-bond acceptors (Lipinski definition) is 7. The fourth-order valence-electron chi connectivity index (χ4n) is 1.58. The molecule has 0 spiro atoms. The molecule has 17 heavy (non-hydrogen) atoms. The number of aromatic nitrogens is 2. The average molecular weight is 241 g/mol. The third kappa shape index (κ3) is 2.80. The summed E-state index contributed by atoms with van der Waals surface area (Å²) in [6.45, 7) is 4.17. The minimum absolute atomic E-state index is 0.126. The molecule has 0 N–H and O–H groups in total. The monoisotopic (exact) mass is 241 g/mol. The molecule has 0 aliphatic carbocycles. The molecule has 1 aromatic rings. The molecule has 2 rings (SSSR count). The highest BCUT2D eigenvalue weighted by Crippen LogP contribution is 2.18. The van der Waals surface area contributed by atoms with Crippen LogP contribution in [0.15, 0.2) is 4.52 Å². The lowest BCUT2D eigenvalue weighted by Gasteiger charge is -2.27. The van der Waals surface area contributed by atoms with E-state index in [1.165, 1.54) is 0 Å². The van der Waals surface area contributed by atoms with Crippen LogP contribution in [0.4, 0.5) is 0 Å². The van der Waals surface area contributed by atoms with Gasteiger partial charge >= 0.3 is 11.9 Å². The van der Waals surface area contributed by atoms with Crippen LogP contribution in [0.3, 0.4) is 0 Å². The number of hydrogen-bond donors (Lipinski definition) is 0. The van der Waals surface area contributed by atoms with Gasteiger partial charge < -0.3 is 18.9 Å². The SMILES string of the molecule is CCOC(=O)c1nc(C2CN(C)CCO2)no1. The summed E-state index contributed by atoms with van der Waals surface area (Å²) < 4.78 is 15.1. The topological polar surface area (TPSA) is 77.7 Å². The van der Waals surface area contributed by atoms with Gasteiger partial charge in [-0.2, -0.15) is 4.98 Å². The van der Waals surface area contributed by atoms with Gasteiger partial charge in [-0.3, -0.25) is 0 Å². The van der Waals surface area contributed by atoms with Gasteiger partial charge in [0.1, 0.15) is 6.10 Å². The van der Waals surface area contributed by atoms with E-state index in [0.29, 0.717) is 19.0 Å². The molecule has 1 atom stereocenters. The first-order chi connectivity index (χ1) is 8.20. The van der Waals surface area contributed by atoms with Crippen molar-refractivity contribution in [1.29, 1.82) is 0 Å². The van der Waals surface area contributed by atoms with Crippen LogP contribution in [-0.4, -0.2) is 54.4 Å². The second-order valence-electron chi connectivity index (χ2n) is 3.80. The van der Waals surface area contributed by atoms with Crippen molar-refractivity contribution in [3.8, 4) is 0 Å². The molecule has 7 heteroatoms. The van der Waals surface area contributed by atoms with Crippen LogP contribution in [0.2, 0.25) is 0 Å². The van der Waals surface area contributed by atoms with Crippen molar-refractivity contribution < 1.29 is 18.8 Å². The molecule has 1 aliphatic heterocycles. The zero-order chi connectivity index (χ0) is 12.3. The molecular formula is C10H15N3O4. The maximum absolute atomic E-state index is 11.3. The van der Waals surface area contributed by atoms with Gasteiger partial charge in [0.05, 0.1) is 13.2 Å². The summed E-state index contributed by atoms with van der Waals surface area (Å²) in [6, 6.07) is 0. The molecule has 1 aromatic heterocycles. The zero-order valence-electron chi connectivity index (χ0n) is 9.88. The summed E-state index contributed by atoms with van der Waals surface area (Å²) in [5.41, 5.74) is 0. The molecule has 1 fully saturated rings. The van der Waals surface area contributed by atoms with Crippen molar-refractivity contribution in [3.05, 3.63) is 11.7 Å². The van der Waals surface area contributed by atoms with Crippen molar-refractivity contribution >= 4 is 5.97 Å². The molecule has 1 unspecified atom stereocenters. The Labute approximate surface area is 98.7 Å². The highest BCUT2D eigenvalue weighted by molar-refractivity contribution is 5.83. The maximum atomic E-state index is 11.3. The van der Waals surface area contributed by atoms with Gasteiger partial charge in [0.2, 0.25) is 5.82 Å². The average Bonchev–Trinajstić information content (AvgIpc) is 2.78. The Balaban J connectivity index is 2.04. The predicted molar refractivity (Wildman–Crippen MR) is 56.4 cm³/mol. The minimum atomic E-state index is -0.601. The number of esters is 1. The highest BCUT2D eigenvalue weighted by Gasteiger charge is 2.26. The first kappa shape index (κ1) is 12.0. The normalized spacial score (nSPS) is 21.4.